The third kappa shape index (κ3) is 5.25. The van der Waals surface area contributed by atoms with Crippen LogP contribution in [0.3, 0.4) is 0 Å². The zero-order valence-electron chi connectivity index (χ0n) is 12.9. The van der Waals surface area contributed by atoms with Crippen molar-refractivity contribution in [1.82, 2.24) is 20.2 Å². The van der Waals surface area contributed by atoms with E-state index in [1.54, 1.807) is 0 Å². The Bertz CT molecular complexity index is 510. The second kappa shape index (κ2) is 8.49. The van der Waals surface area contributed by atoms with Gasteiger partial charge < -0.3 is 5.32 Å². The average Bonchev–Trinajstić information content (AvgIpc) is 2.54. The lowest BCUT2D eigenvalue weighted by atomic mass is 10.2. The Labute approximate surface area is 127 Å². The van der Waals surface area contributed by atoms with Gasteiger partial charge in [0.25, 0.3) is 0 Å². The van der Waals surface area contributed by atoms with Crippen molar-refractivity contribution in [3.8, 4) is 0 Å². The number of nitrogens with zero attached hydrogens (tertiary/aromatic N) is 3. The summed E-state index contributed by atoms with van der Waals surface area (Å²) in [4.78, 5) is 11.3. The summed E-state index contributed by atoms with van der Waals surface area (Å²) in [6.45, 7) is 8.84. The molecule has 0 spiro atoms. The Balaban J connectivity index is 1.92. The maximum absolute atomic E-state index is 4.56. The molecule has 0 fully saturated rings. The van der Waals surface area contributed by atoms with Gasteiger partial charge in [0.05, 0.1) is 11.4 Å². The highest BCUT2D eigenvalue weighted by atomic mass is 15.1. The van der Waals surface area contributed by atoms with Gasteiger partial charge in [0.1, 0.15) is 0 Å². The molecule has 21 heavy (non-hydrogen) atoms. The van der Waals surface area contributed by atoms with Crippen molar-refractivity contribution in [2.45, 2.75) is 33.5 Å². The topological polar surface area (TPSA) is 41.0 Å². The first kappa shape index (κ1) is 15.6. The Kier molecular flexibility index (Phi) is 6.31. The molecule has 0 saturated heterocycles. The van der Waals surface area contributed by atoms with Crippen molar-refractivity contribution >= 4 is 0 Å². The summed E-state index contributed by atoms with van der Waals surface area (Å²) in [6.07, 6.45) is 3.81. The zero-order chi connectivity index (χ0) is 14.9. The fourth-order valence-corrected chi connectivity index (χ4v) is 2.15. The van der Waals surface area contributed by atoms with Gasteiger partial charge in [-0.25, -0.2) is 0 Å². The highest BCUT2D eigenvalue weighted by molar-refractivity contribution is 5.14. The van der Waals surface area contributed by atoms with Crippen LogP contribution in [0.1, 0.15) is 30.8 Å². The first-order chi connectivity index (χ1) is 10.3. The van der Waals surface area contributed by atoms with Crippen LogP contribution in [0, 0.1) is 0 Å². The molecule has 0 bridgehead atoms. The maximum Gasteiger partial charge on any atom is 0.0544 e. The lowest BCUT2D eigenvalue weighted by Crippen LogP contribution is -2.23. The first-order valence-corrected chi connectivity index (χ1v) is 7.58. The van der Waals surface area contributed by atoms with E-state index in [9.17, 15) is 0 Å². The van der Waals surface area contributed by atoms with Gasteiger partial charge in [0, 0.05) is 32.0 Å². The molecule has 4 heteroatoms. The number of hydrogen-bond acceptors (Lipinski definition) is 4. The minimum Gasteiger partial charge on any atom is -0.313 e. The third-order valence-corrected chi connectivity index (χ3v) is 3.41. The molecule has 1 N–H and O–H groups in total. The number of aromatic nitrogens is 2. The Morgan fingerprint density at radius 2 is 1.81 bits per heavy atom. The van der Waals surface area contributed by atoms with Crippen LogP contribution in [-0.2, 0) is 19.6 Å². The fraction of sp³-hybridized carbons (Fsp3) is 0.412. The number of pyridine rings is 2. The highest BCUT2D eigenvalue weighted by Crippen LogP contribution is 2.07. The van der Waals surface area contributed by atoms with Gasteiger partial charge in [-0.15, -0.1) is 0 Å². The molecule has 0 radical (unpaired) electrons. The van der Waals surface area contributed by atoms with Gasteiger partial charge in [-0.3, -0.25) is 14.9 Å². The second-order valence-corrected chi connectivity index (χ2v) is 5.06. The van der Waals surface area contributed by atoms with Gasteiger partial charge in [0.15, 0.2) is 0 Å². The number of nitrogens with one attached hydrogen (secondary N) is 1. The molecule has 0 atom stereocenters. The Morgan fingerprint density at radius 1 is 1.00 bits per heavy atom. The van der Waals surface area contributed by atoms with Crippen LogP contribution in [-0.4, -0.2) is 28.0 Å². The number of rotatable bonds is 8. The van der Waals surface area contributed by atoms with Crippen molar-refractivity contribution < 1.29 is 0 Å². The van der Waals surface area contributed by atoms with E-state index in [1.165, 1.54) is 5.56 Å². The molecule has 0 aliphatic carbocycles. The molecular weight excluding hydrogens is 260 g/mol. The predicted molar refractivity (Wildman–Crippen MR) is 85.6 cm³/mol. The quantitative estimate of drug-likeness (QED) is 0.809. The van der Waals surface area contributed by atoms with Crippen LogP contribution in [0.4, 0.5) is 0 Å². The average molecular weight is 284 g/mol. The van der Waals surface area contributed by atoms with E-state index in [0.717, 1.165) is 44.1 Å². The second-order valence-electron chi connectivity index (χ2n) is 5.06. The van der Waals surface area contributed by atoms with Gasteiger partial charge in [-0.05, 0) is 36.9 Å². The van der Waals surface area contributed by atoms with E-state index in [-0.39, 0.29) is 0 Å². The number of hydrogen-bond donors (Lipinski definition) is 1. The summed E-state index contributed by atoms with van der Waals surface area (Å²) in [7, 11) is 0. The van der Waals surface area contributed by atoms with Crippen LogP contribution in [0.2, 0.25) is 0 Å². The molecule has 0 saturated carbocycles. The van der Waals surface area contributed by atoms with Crippen molar-refractivity contribution in [3.63, 3.8) is 0 Å². The molecule has 2 heterocycles. The first-order valence-electron chi connectivity index (χ1n) is 7.58. The molecular formula is C17H24N4. The van der Waals surface area contributed by atoms with Gasteiger partial charge in [0.2, 0.25) is 0 Å². The van der Waals surface area contributed by atoms with Crippen molar-refractivity contribution in [2.75, 3.05) is 13.1 Å². The van der Waals surface area contributed by atoms with E-state index in [0.29, 0.717) is 0 Å². The fourth-order valence-electron chi connectivity index (χ4n) is 2.15. The van der Waals surface area contributed by atoms with Crippen LogP contribution in [0.15, 0.2) is 42.7 Å². The van der Waals surface area contributed by atoms with Gasteiger partial charge in [-0.2, -0.15) is 0 Å². The SMILES string of the molecule is CCNCc1ccc(CN(CC)Cc2ccccn2)nc1. The third-order valence-electron chi connectivity index (χ3n) is 3.41. The van der Waals surface area contributed by atoms with E-state index in [1.807, 2.05) is 24.5 Å². The van der Waals surface area contributed by atoms with Crippen LogP contribution in [0.5, 0.6) is 0 Å². The molecule has 4 nitrogen and oxygen atoms in total. The Hall–Kier alpha value is -1.78. The molecule has 2 aromatic rings. The van der Waals surface area contributed by atoms with Crippen molar-refractivity contribution in [2.24, 2.45) is 0 Å². The van der Waals surface area contributed by atoms with Gasteiger partial charge >= 0.3 is 0 Å². The maximum atomic E-state index is 4.56. The largest absolute Gasteiger partial charge is 0.313 e. The van der Waals surface area contributed by atoms with Gasteiger partial charge in [-0.1, -0.05) is 26.0 Å². The standard InChI is InChI=1S/C17H24N4/c1-3-18-11-15-8-9-17(20-12-15)14-21(4-2)13-16-7-5-6-10-19-16/h5-10,12,18H,3-4,11,13-14H2,1-2H3. The lowest BCUT2D eigenvalue weighted by Gasteiger charge is -2.19. The summed E-state index contributed by atoms with van der Waals surface area (Å²) in [5.41, 5.74) is 3.43. The highest BCUT2D eigenvalue weighted by Gasteiger charge is 2.06. The van der Waals surface area contributed by atoms with Crippen LogP contribution >= 0.6 is 0 Å². The molecule has 0 aliphatic rings. The summed E-state index contributed by atoms with van der Waals surface area (Å²) >= 11 is 0. The molecule has 0 aromatic carbocycles. The molecule has 2 rings (SSSR count). The molecule has 2 aromatic heterocycles. The zero-order valence-corrected chi connectivity index (χ0v) is 12.9. The molecule has 112 valence electrons. The summed E-state index contributed by atoms with van der Waals surface area (Å²) in [5.74, 6) is 0. The van der Waals surface area contributed by atoms with E-state index in [2.05, 4.69) is 52.2 Å². The van der Waals surface area contributed by atoms with Crippen molar-refractivity contribution in [1.29, 1.82) is 0 Å². The van der Waals surface area contributed by atoms with Crippen LogP contribution < -0.4 is 5.32 Å². The van der Waals surface area contributed by atoms with Crippen molar-refractivity contribution in [3.05, 3.63) is 59.7 Å². The monoisotopic (exact) mass is 284 g/mol. The molecule has 0 unspecified atom stereocenters. The normalized spacial score (nSPS) is 11.0. The lowest BCUT2D eigenvalue weighted by molar-refractivity contribution is 0.265. The molecule has 0 amide bonds. The Morgan fingerprint density at radius 3 is 2.38 bits per heavy atom. The molecule has 0 aliphatic heterocycles. The minimum atomic E-state index is 0.856. The van der Waals surface area contributed by atoms with E-state index < -0.39 is 0 Å². The smallest absolute Gasteiger partial charge is 0.0544 e. The predicted octanol–water partition coefficient (Wildman–Crippen LogP) is 2.61. The minimum absolute atomic E-state index is 0.856. The summed E-state index contributed by atoms with van der Waals surface area (Å²) in [6, 6.07) is 10.3. The van der Waals surface area contributed by atoms with E-state index in [4.69, 9.17) is 0 Å². The summed E-state index contributed by atoms with van der Waals surface area (Å²) < 4.78 is 0. The summed E-state index contributed by atoms with van der Waals surface area (Å²) in [5, 5.41) is 3.31. The van der Waals surface area contributed by atoms with E-state index >= 15 is 0 Å². The van der Waals surface area contributed by atoms with Crippen LogP contribution in [0.25, 0.3) is 0 Å².